The first kappa shape index (κ1) is 24.8. The lowest BCUT2D eigenvalue weighted by atomic mass is 9.82. The molecule has 0 saturated carbocycles. The lowest BCUT2D eigenvalue weighted by molar-refractivity contribution is -0.314. The smallest absolute Gasteiger partial charge is 0.220 e. The number of azide groups is 1. The van der Waals surface area contributed by atoms with E-state index in [2.05, 4.69) is 42.8 Å². The highest BCUT2D eigenvalue weighted by Gasteiger charge is 2.45. The molecule has 176 valence electrons. The van der Waals surface area contributed by atoms with E-state index in [1.54, 1.807) is 4.90 Å². The SMILES string of the molecule is CC(=O)N(Cc1ccccc1)[C@H](N=[N+]=[N-])[C@@H](ON1C(C)(C)CCCC1(C)C)c1ccccc1. The number of amides is 1. The standard InChI is InChI=1S/C26H35N5O2/c1-20(32)30(19-21-13-8-6-9-14-21)24(28-29-27)23(22-15-10-7-11-16-22)33-31-25(2,3)17-12-18-26(31,4)5/h6-11,13-16,23-24H,12,17-19H2,1-5H3/t23-,24-/m0/s1. The number of nitrogens with zero attached hydrogens (tertiary/aromatic N) is 5. The Balaban J connectivity index is 2.06. The van der Waals surface area contributed by atoms with Crippen LogP contribution >= 0.6 is 0 Å². The molecule has 0 spiro atoms. The van der Waals surface area contributed by atoms with Gasteiger partial charge >= 0.3 is 0 Å². The van der Waals surface area contributed by atoms with Crippen LogP contribution < -0.4 is 0 Å². The van der Waals surface area contributed by atoms with Gasteiger partial charge in [0.15, 0.2) is 0 Å². The molecule has 0 radical (unpaired) electrons. The first-order valence-electron chi connectivity index (χ1n) is 11.5. The second-order valence-electron chi connectivity index (χ2n) is 9.96. The maximum absolute atomic E-state index is 12.8. The van der Waals surface area contributed by atoms with Crippen LogP contribution in [0.1, 0.15) is 71.1 Å². The molecule has 0 aliphatic carbocycles. The largest absolute Gasteiger partial charge is 0.327 e. The highest BCUT2D eigenvalue weighted by molar-refractivity contribution is 5.73. The van der Waals surface area contributed by atoms with Gasteiger partial charge in [-0.3, -0.25) is 9.63 Å². The maximum atomic E-state index is 12.8. The van der Waals surface area contributed by atoms with E-state index < -0.39 is 12.3 Å². The van der Waals surface area contributed by atoms with Crippen LogP contribution in [0.2, 0.25) is 0 Å². The lowest BCUT2D eigenvalue weighted by Crippen LogP contribution is -2.59. The highest BCUT2D eigenvalue weighted by atomic mass is 16.7. The number of piperidine rings is 1. The summed E-state index contributed by atoms with van der Waals surface area (Å²) in [5, 5.41) is 6.17. The molecule has 1 aliphatic heterocycles. The molecule has 2 aromatic rings. The third kappa shape index (κ3) is 5.93. The zero-order chi connectivity index (χ0) is 24.1. The Morgan fingerprint density at radius 1 is 1.06 bits per heavy atom. The van der Waals surface area contributed by atoms with Gasteiger partial charge in [0, 0.05) is 29.5 Å². The maximum Gasteiger partial charge on any atom is 0.220 e. The zero-order valence-electron chi connectivity index (χ0n) is 20.3. The van der Waals surface area contributed by atoms with Crippen molar-refractivity contribution in [1.82, 2.24) is 9.96 Å². The van der Waals surface area contributed by atoms with Gasteiger partial charge in [0.1, 0.15) is 12.3 Å². The van der Waals surface area contributed by atoms with Crippen molar-refractivity contribution >= 4 is 5.91 Å². The molecule has 0 N–H and O–H groups in total. The molecular formula is C26H35N5O2. The fraction of sp³-hybridized carbons (Fsp3) is 0.500. The van der Waals surface area contributed by atoms with Crippen LogP contribution in [0.5, 0.6) is 0 Å². The van der Waals surface area contributed by atoms with E-state index in [1.807, 2.05) is 60.7 Å². The number of hydroxylamine groups is 2. The van der Waals surface area contributed by atoms with E-state index in [0.29, 0.717) is 6.54 Å². The molecule has 2 atom stereocenters. The average molecular weight is 450 g/mol. The van der Waals surface area contributed by atoms with Gasteiger partial charge in [-0.05, 0) is 63.6 Å². The molecule has 1 saturated heterocycles. The van der Waals surface area contributed by atoms with Crippen LogP contribution in [0, 0.1) is 0 Å². The molecule has 1 heterocycles. The van der Waals surface area contributed by atoms with Crippen LogP contribution in [-0.2, 0) is 16.2 Å². The van der Waals surface area contributed by atoms with E-state index in [0.717, 1.165) is 30.4 Å². The fourth-order valence-electron chi connectivity index (χ4n) is 4.82. The van der Waals surface area contributed by atoms with Crippen LogP contribution in [0.15, 0.2) is 65.8 Å². The summed E-state index contributed by atoms with van der Waals surface area (Å²) in [5.74, 6) is -0.182. The lowest BCUT2D eigenvalue weighted by Gasteiger charge is -2.53. The first-order valence-corrected chi connectivity index (χ1v) is 11.5. The van der Waals surface area contributed by atoms with Gasteiger partial charge in [-0.15, -0.1) is 0 Å². The molecule has 0 bridgehead atoms. The van der Waals surface area contributed by atoms with Crippen molar-refractivity contribution in [3.05, 3.63) is 82.2 Å². The van der Waals surface area contributed by atoms with Crippen molar-refractivity contribution in [3.8, 4) is 0 Å². The van der Waals surface area contributed by atoms with Gasteiger partial charge in [0.25, 0.3) is 0 Å². The predicted octanol–water partition coefficient (Wildman–Crippen LogP) is 6.39. The van der Waals surface area contributed by atoms with Crippen molar-refractivity contribution in [3.63, 3.8) is 0 Å². The molecule has 0 aromatic heterocycles. The summed E-state index contributed by atoms with van der Waals surface area (Å²) in [6.07, 6.45) is 1.58. The van der Waals surface area contributed by atoms with Crippen LogP contribution in [0.4, 0.5) is 0 Å². The van der Waals surface area contributed by atoms with Crippen molar-refractivity contribution in [2.75, 3.05) is 0 Å². The molecule has 0 unspecified atom stereocenters. The minimum absolute atomic E-state index is 0.182. The number of hydrogen-bond donors (Lipinski definition) is 0. The normalized spacial score (nSPS) is 19.2. The van der Waals surface area contributed by atoms with E-state index in [4.69, 9.17) is 4.84 Å². The monoisotopic (exact) mass is 449 g/mol. The number of rotatable bonds is 8. The molecule has 1 amide bonds. The Labute approximate surface area is 196 Å². The van der Waals surface area contributed by atoms with Gasteiger partial charge in [-0.1, -0.05) is 65.8 Å². The number of hydrogen-bond acceptors (Lipinski definition) is 4. The molecule has 1 fully saturated rings. The topological polar surface area (TPSA) is 81.5 Å². The van der Waals surface area contributed by atoms with E-state index in [-0.39, 0.29) is 17.0 Å². The highest BCUT2D eigenvalue weighted by Crippen LogP contribution is 2.42. The number of carbonyl (C=O) groups excluding carboxylic acids is 1. The van der Waals surface area contributed by atoms with Crippen molar-refractivity contribution in [2.24, 2.45) is 5.11 Å². The molecular weight excluding hydrogens is 414 g/mol. The summed E-state index contributed by atoms with van der Waals surface area (Å²) in [6.45, 7) is 10.5. The third-order valence-corrected chi connectivity index (χ3v) is 6.38. The van der Waals surface area contributed by atoms with Gasteiger partial charge in [-0.25, -0.2) is 0 Å². The summed E-state index contributed by atoms with van der Waals surface area (Å²) in [7, 11) is 0. The average Bonchev–Trinajstić information content (AvgIpc) is 2.77. The zero-order valence-corrected chi connectivity index (χ0v) is 20.3. The van der Waals surface area contributed by atoms with Gasteiger partial charge in [0.05, 0.1) is 0 Å². The van der Waals surface area contributed by atoms with Crippen molar-refractivity contribution in [1.29, 1.82) is 0 Å². The van der Waals surface area contributed by atoms with Crippen molar-refractivity contribution < 1.29 is 9.63 Å². The predicted molar refractivity (Wildman–Crippen MR) is 130 cm³/mol. The number of benzene rings is 2. The second-order valence-corrected chi connectivity index (χ2v) is 9.96. The number of carbonyl (C=O) groups is 1. The Kier molecular flexibility index (Phi) is 7.80. The summed E-state index contributed by atoms with van der Waals surface area (Å²) >= 11 is 0. The minimum Gasteiger partial charge on any atom is -0.327 e. The van der Waals surface area contributed by atoms with E-state index in [1.165, 1.54) is 6.92 Å². The second kappa shape index (κ2) is 10.4. The van der Waals surface area contributed by atoms with Crippen molar-refractivity contribution in [2.45, 2.75) is 83.8 Å². The first-order chi connectivity index (χ1) is 15.7. The van der Waals surface area contributed by atoms with Crippen LogP contribution in [-0.4, -0.2) is 33.1 Å². The minimum atomic E-state index is -0.858. The molecule has 1 aliphatic rings. The van der Waals surface area contributed by atoms with Gasteiger partial charge < -0.3 is 4.90 Å². The summed E-state index contributed by atoms with van der Waals surface area (Å²) in [6, 6.07) is 19.4. The summed E-state index contributed by atoms with van der Waals surface area (Å²) in [4.78, 5) is 24.3. The Morgan fingerprint density at radius 3 is 2.12 bits per heavy atom. The molecule has 7 nitrogen and oxygen atoms in total. The van der Waals surface area contributed by atoms with Gasteiger partial charge in [-0.2, -0.15) is 5.06 Å². The van der Waals surface area contributed by atoms with E-state index >= 15 is 0 Å². The quantitative estimate of drug-likeness (QED) is 0.266. The molecule has 7 heteroatoms. The molecule has 3 rings (SSSR count). The summed E-state index contributed by atoms with van der Waals surface area (Å²) in [5.41, 5.74) is 10.9. The fourth-order valence-corrected chi connectivity index (χ4v) is 4.82. The Hall–Kier alpha value is -2.86. The Morgan fingerprint density at radius 2 is 1.61 bits per heavy atom. The Bertz CT molecular complexity index is 955. The van der Waals surface area contributed by atoms with Crippen LogP contribution in [0.3, 0.4) is 0 Å². The summed E-state index contributed by atoms with van der Waals surface area (Å²) < 4.78 is 0. The van der Waals surface area contributed by atoms with Gasteiger partial charge in [0.2, 0.25) is 5.91 Å². The van der Waals surface area contributed by atoms with Crippen LogP contribution in [0.25, 0.3) is 10.4 Å². The van der Waals surface area contributed by atoms with E-state index in [9.17, 15) is 10.3 Å². The molecule has 33 heavy (non-hydrogen) atoms. The molecule has 2 aromatic carbocycles. The third-order valence-electron chi connectivity index (χ3n) is 6.38.